The van der Waals surface area contributed by atoms with Gasteiger partial charge in [0.05, 0.1) is 12.1 Å². The van der Waals surface area contributed by atoms with Crippen LogP contribution < -0.4 is 5.73 Å². The summed E-state index contributed by atoms with van der Waals surface area (Å²) < 4.78 is 13.6. The van der Waals surface area contributed by atoms with E-state index in [-0.39, 0.29) is 12.4 Å². The van der Waals surface area contributed by atoms with Crippen molar-refractivity contribution in [2.24, 2.45) is 5.73 Å². The highest BCUT2D eigenvalue weighted by atomic mass is 32.2. The molecule has 0 saturated carbocycles. The minimum Gasteiger partial charge on any atom is -0.320 e. The summed E-state index contributed by atoms with van der Waals surface area (Å²) >= 11 is 2.00. The van der Waals surface area contributed by atoms with Crippen molar-refractivity contribution in [3.8, 4) is 11.8 Å². The molecule has 0 aromatic heterocycles. The lowest BCUT2D eigenvalue weighted by Crippen LogP contribution is -2.39. The van der Waals surface area contributed by atoms with Crippen molar-refractivity contribution in [2.75, 3.05) is 24.6 Å². The van der Waals surface area contributed by atoms with E-state index in [9.17, 15) is 4.39 Å². The molecule has 1 atom stereocenters. The van der Waals surface area contributed by atoms with Crippen LogP contribution in [0.15, 0.2) is 18.2 Å². The Balaban J connectivity index is 2.12. The first-order valence-corrected chi connectivity index (χ1v) is 7.65. The Bertz CT molecular complexity index is 493. The molecule has 2 rings (SSSR count). The first-order valence-electron chi connectivity index (χ1n) is 6.50. The lowest BCUT2D eigenvalue weighted by molar-refractivity contribution is 0.224. The monoisotopic (exact) mass is 278 g/mol. The Kier molecular flexibility index (Phi) is 5.26. The maximum Gasteiger partial charge on any atom is 0.138 e. The summed E-state index contributed by atoms with van der Waals surface area (Å²) in [5.74, 6) is 7.56. The Hall–Kier alpha value is -1.02. The molecule has 1 saturated heterocycles. The van der Waals surface area contributed by atoms with E-state index in [0.717, 1.165) is 18.7 Å². The molecule has 0 spiro atoms. The number of halogens is 1. The van der Waals surface area contributed by atoms with E-state index in [1.165, 1.54) is 17.6 Å². The van der Waals surface area contributed by atoms with Crippen molar-refractivity contribution in [1.82, 2.24) is 4.90 Å². The van der Waals surface area contributed by atoms with Crippen LogP contribution in [-0.4, -0.2) is 35.5 Å². The second-order valence-electron chi connectivity index (χ2n) is 4.71. The van der Waals surface area contributed by atoms with Gasteiger partial charge < -0.3 is 5.73 Å². The minimum atomic E-state index is -0.271. The second kappa shape index (κ2) is 6.95. The summed E-state index contributed by atoms with van der Waals surface area (Å²) in [4.78, 5) is 2.43. The molecule has 1 heterocycles. The number of thioether (sulfide) groups is 1. The average Bonchev–Trinajstić information content (AvgIpc) is 2.42. The summed E-state index contributed by atoms with van der Waals surface area (Å²) in [5.41, 5.74) is 6.88. The highest BCUT2D eigenvalue weighted by molar-refractivity contribution is 7.99. The molecule has 2 N–H and O–H groups in total. The fourth-order valence-corrected chi connectivity index (χ4v) is 3.23. The van der Waals surface area contributed by atoms with Crippen LogP contribution >= 0.6 is 11.8 Å². The fourth-order valence-electron chi connectivity index (χ4n) is 2.14. The van der Waals surface area contributed by atoms with Gasteiger partial charge in [-0.2, -0.15) is 11.8 Å². The van der Waals surface area contributed by atoms with Crippen molar-refractivity contribution in [3.05, 3.63) is 35.1 Å². The van der Waals surface area contributed by atoms with Crippen LogP contribution in [0.25, 0.3) is 0 Å². The summed E-state index contributed by atoms with van der Waals surface area (Å²) in [6.45, 7) is 4.45. The van der Waals surface area contributed by atoms with Crippen molar-refractivity contribution < 1.29 is 4.39 Å². The number of hydrogen-bond donors (Lipinski definition) is 1. The van der Waals surface area contributed by atoms with Gasteiger partial charge in [0.15, 0.2) is 0 Å². The second-order valence-corrected chi connectivity index (χ2v) is 5.86. The van der Waals surface area contributed by atoms with Crippen LogP contribution in [0.2, 0.25) is 0 Å². The summed E-state index contributed by atoms with van der Waals surface area (Å²) in [5, 5.41) is 0. The summed E-state index contributed by atoms with van der Waals surface area (Å²) in [7, 11) is 0. The zero-order valence-corrected chi connectivity index (χ0v) is 12.0. The van der Waals surface area contributed by atoms with Gasteiger partial charge in [-0.15, -0.1) is 0 Å². The van der Waals surface area contributed by atoms with Crippen LogP contribution in [0.1, 0.15) is 18.1 Å². The molecule has 19 heavy (non-hydrogen) atoms. The zero-order chi connectivity index (χ0) is 13.7. The normalized spacial score (nSPS) is 19.8. The third-order valence-electron chi connectivity index (χ3n) is 3.25. The predicted octanol–water partition coefficient (Wildman–Crippen LogP) is 2.07. The molecule has 1 aliphatic heterocycles. The van der Waals surface area contributed by atoms with Crippen LogP contribution in [-0.2, 0) is 6.54 Å². The lowest BCUT2D eigenvalue weighted by Gasteiger charge is -2.33. The smallest absolute Gasteiger partial charge is 0.138 e. The van der Waals surface area contributed by atoms with Gasteiger partial charge >= 0.3 is 0 Å². The van der Waals surface area contributed by atoms with E-state index in [4.69, 9.17) is 5.73 Å². The number of rotatable bonds is 2. The Morgan fingerprint density at radius 1 is 1.53 bits per heavy atom. The molecule has 1 aromatic rings. The van der Waals surface area contributed by atoms with Gasteiger partial charge in [-0.3, -0.25) is 4.90 Å². The van der Waals surface area contributed by atoms with E-state index >= 15 is 0 Å². The SMILES string of the molecule is CC1CSCCN1Cc1ccc(F)c(C#CCN)c1. The van der Waals surface area contributed by atoms with Crippen molar-refractivity contribution in [2.45, 2.75) is 19.5 Å². The van der Waals surface area contributed by atoms with Gasteiger partial charge in [-0.25, -0.2) is 4.39 Å². The highest BCUT2D eigenvalue weighted by Gasteiger charge is 2.18. The summed E-state index contributed by atoms with van der Waals surface area (Å²) in [6.07, 6.45) is 0. The quantitative estimate of drug-likeness (QED) is 0.840. The standard InChI is InChI=1S/C15H19FN2S/c1-12-11-19-8-7-18(12)10-13-4-5-15(16)14(9-13)3-2-6-17/h4-5,9,12H,6-8,10-11,17H2,1H3. The summed E-state index contributed by atoms with van der Waals surface area (Å²) in [6, 6.07) is 5.76. The van der Waals surface area contributed by atoms with Crippen molar-refractivity contribution in [3.63, 3.8) is 0 Å². The van der Waals surface area contributed by atoms with Gasteiger partial charge in [0.25, 0.3) is 0 Å². The Morgan fingerprint density at radius 2 is 2.37 bits per heavy atom. The molecular formula is C15H19FN2S. The molecule has 1 aromatic carbocycles. The molecule has 102 valence electrons. The number of nitrogens with two attached hydrogens (primary N) is 1. The van der Waals surface area contributed by atoms with E-state index in [2.05, 4.69) is 23.7 Å². The molecule has 0 amide bonds. The van der Waals surface area contributed by atoms with Gasteiger partial charge in [-0.1, -0.05) is 17.9 Å². The van der Waals surface area contributed by atoms with Gasteiger partial charge in [0.1, 0.15) is 5.82 Å². The molecular weight excluding hydrogens is 259 g/mol. The highest BCUT2D eigenvalue weighted by Crippen LogP contribution is 2.19. The molecule has 1 aliphatic rings. The Labute approximate surface area is 118 Å². The van der Waals surface area contributed by atoms with E-state index in [1.54, 1.807) is 0 Å². The molecule has 4 heteroatoms. The fraction of sp³-hybridized carbons (Fsp3) is 0.467. The predicted molar refractivity (Wildman–Crippen MR) is 79.5 cm³/mol. The Morgan fingerprint density at radius 3 is 3.11 bits per heavy atom. The maximum atomic E-state index is 13.6. The molecule has 2 nitrogen and oxygen atoms in total. The van der Waals surface area contributed by atoms with Crippen LogP contribution in [0.5, 0.6) is 0 Å². The average molecular weight is 278 g/mol. The number of nitrogens with zero attached hydrogens (tertiary/aromatic N) is 1. The third-order valence-corrected chi connectivity index (χ3v) is 4.44. The first-order chi connectivity index (χ1) is 9.20. The van der Waals surface area contributed by atoms with Crippen LogP contribution in [0, 0.1) is 17.7 Å². The minimum absolute atomic E-state index is 0.254. The van der Waals surface area contributed by atoms with E-state index in [1.807, 2.05) is 23.9 Å². The lowest BCUT2D eigenvalue weighted by atomic mass is 10.1. The van der Waals surface area contributed by atoms with Gasteiger partial charge in [0, 0.05) is 30.6 Å². The largest absolute Gasteiger partial charge is 0.320 e. The van der Waals surface area contributed by atoms with Crippen molar-refractivity contribution >= 4 is 11.8 Å². The van der Waals surface area contributed by atoms with Gasteiger partial charge in [0.2, 0.25) is 0 Å². The molecule has 0 bridgehead atoms. The van der Waals surface area contributed by atoms with Crippen LogP contribution in [0.3, 0.4) is 0 Å². The topological polar surface area (TPSA) is 29.3 Å². The molecule has 1 unspecified atom stereocenters. The third kappa shape index (κ3) is 3.97. The molecule has 0 radical (unpaired) electrons. The first kappa shape index (κ1) is 14.4. The van der Waals surface area contributed by atoms with E-state index in [0.29, 0.717) is 11.6 Å². The molecule has 1 fully saturated rings. The number of hydrogen-bond acceptors (Lipinski definition) is 3. The van der Waals surface area contributed by atoms with Gasteiger partial charge in [-0.05, 0) is 24.6 Å². The van der Waals surface area contributed by atoms with E-state index < -0.39 is 0 Å². The molecule has 0 aliphatic carbocycles. The van der Waals surface area contributed by atoms with Crippen molar-refractivity contribution in [1.29, 1.82) is 0 Å². The van der Waals surface area contributed by atoms with Crippen LogP contribution in [0.4, 0.5) is 4.39 Å². The maximum absolute atomic E-state index is 13.6. The number of benzene rings is 1. The zero-order valence-electron chi connectivity index (χ0n) is 11.2.